The molecule has 0 saturated heterocycles. The fourth-order valence-electron chi connectivity index (χ4n) is 3.40. The summed E-state index contributed by atoms with van der Waals surface area (Å²) in [6, 6.07) is 31.9. The van der Waals surface area contributed by atoms with E-state index in [0.29, 0.717) is 0 Å². The van der Waals surface area contributed by atoms with Crippen LogP contribution in [0.25, 0.3) is 40.9 Å². The molecule has 0 fully saturated rings. The van der Waals surface area contributed by atoms with Crippen molar-refractivity contribution >= 4 is 137 Å². The van der Waals surface area contributed by atoms with Gasteiger partial charge in [-0.05, 0) is 60.4 Å². The summed E-state index contributed by atoms with van der Waals surface area (Å²) in [7, 11) is 0. The average Bonchev–Trinajstić information content (AvgIpc) is 3.71. The molecular weight excluding hydrogens is 827 g/mol. The molecule has 0 amide bonds. The summed E-state index contributed by atoms with van der Waals surface area (Å²) in [6.45, 7) is 0. The Labute approximate surface area is 293 Å². The van der Waals surface area contributed by atoms with Crippen LogP contribution in [0.3, 0.4) is 0 Å². The first-order valence-electron chi connectivity index (χ1n) is 11.5. The van der Waals surface area contributed by atoms with Crippen LogP contribution in [-0.2, 0) is 76.4 Å². The molecule has 4 aromatic heterocycles. The number of nitrogens with zero attached hydrogens (tertiary/aromatic N) is 4. The zero-order valence-corrected chi connectivity index (χ0v) is 30.9. The molecule has 0 radical (unpaired) electrons. The van der Waals surface area contributed by atoms with E-state index in [1.165, 1.54) is 18.8 Å². The molecule has 0 aliphatic carbocycles. The second-order valence-corrected chi connectivity index (χ2v) is 14.5. The summed E-state index contributed by atoms with van der Waals surface area (Å²) in [5.41, 5.74) is 4.05. The normalized spacial score (nSPS) is 10.1. The third-order valence-electron chi connectivity index (χ3n) is 5.10. The Bertz CT molecular complexity index is 1580. The van der Waals surface area contributed by atoms with Gasteiger partial charge in [-0.25, -0.2) is 0 Å². The molecule has 4 heterocycles. The second kappa shape index (κ2) is 15.6. The molecule has 200 valence electrons. The summed E-state index contributed by atoms with van der Waals surface area (Å²) in [4.78, 5) is 16.6. The van der Waals surface area contributed by atoms with Gasteiger partial charge in [-0.3, -0.25) is 19.9 Å². The molecule has 13 heteroatoms. The van der Waals surface area contributed by atoms with Crippen molar-refractivity contribution in [2.45, 2.75) is 17.4 Å². The van der Waals surface area contributed by atoms with Crippen LogP contribution in [0.5, 0.6) is 0 Å². The Morgan fingerprint density at radius 2 is 0.537 bits per heavy atom. The zero-order chi connectivity index (χ0) is 27.9. The van der Waals surface area contributed by atoms with Crippen molar-refractivity contribution in [3.63, 3.8) is 0 Å². The van der Waals surface area contributed by atoms with Crippen molar-refractivity contribution in [3.05, 3.63) is 97.1 Å². The Kier molecular flexibility index (Phi) is 12.2. The summed E-state index contributed by atoms with van der Waals surface area (Å²) in [6.07, 6.45) is 0. The van der Waals surface area contributed by atoms with Crippen molar-refractivity contribution in [1.82, 2.24) is 19.9 Å². The van der Waals surface area contributed by atoms with E-state index in [1.54, 1.807) is 45.3 Å². The molecule has 4 aromatic carbocycles. The molecule has 8 rings (SSSR count). The third kappa shape index (κ3) is 9.09. The summed E-state index contributed by atoms with van der Waals surface area (Å²) < 4.78 is 7.59. The van der Waals surface area contributed by atoms with Crippen LogP contribution in [0, 0.1) is 0 Å². The number of rotatable bonds is 0. The Morgan fingerprint density at radius 1 is 0.341 bits per heavy atom. The first-order valence-corrected chi connectivity index (χ1v) is 16.4. The molecule has 0 spiro atoms. The molecular formula is C28H16HfN4S8. The first kappa shape index (κ1) is 32.1. The summed E-state index contributed by atoms with van der Waals surface area (Å²) in [5.74, 6) is 0. The molecule has 41 heavy (non-hydrogen) atoms. The van der Waals surface area contributed by atoms with E-state index >= 15 is 0 Å². The Morgan fingerprint density at radius 3 is 0.732 bits per heavy atom. The number of para-hydroxylation sites is 4. The van der Waals surface area contributed by atoms with Gasteiger partial charge < -0.3 is 95.9 Å². The SMILES string of the molecule is [Hf+4].[S-]c1nc2ccccc2s1.[S-]c1nc2ccccc2s1.[S-]c1nc2ccccc2s1.[S-]c1nc2ccccc2s1. The van der Waals surface area contributed by atoms with Crippen molar-refractivity contribution < 1.29 is 25.8 Å². The van der Waals surface area contributed by atoms with Gasteiger partial charge in [-0.1, -0.05) is 72.8 Å². The fourth-order valence-corrected chi connectivity index (χ4v) is 7.66. The van der Waals surface area contributed by atoms with Gasteiger partial charge >= 0.3 is 25.8 Å². The van der Waals surface area contributed by atoms with Crippen LogP contribution in [0.15, 0.2) is 114 Å². The van der Waals surface area contributed by atoms with E-state index < -0.39 is 0 Å². The largest absolute Gasteiger partial charge is 4.00 e. The Balaban J connectivity index is 0.000000125. The number of fused-ring (bicyclic) bond motifs is 4. The molecule has 8 aromatic rings. The van der Waals surface area contributed by atoms with Gasteiger partial charge in [-0.2, -0.15) is 0 Å². The topological polar surface area (TPSA) is 51.6 Å². The number of hydrogen-bond acceptors (Lipinski definition) is 12. The van der Waals surface area contributed by atoms with Crippen LogP contribution in [0.1, 0.15) is 0 Å². The van der Waals surface area contributed by atoms with E-state index in [0.717, 1.165) is 39.4 Å². The predicted octanol–water partition coefficient (Wildman–Crippen LogP) is 8.81. The molecule has 0 unspecified atom stereocenters. The maximum absolute atomic E-state index is 4.92. The van der Waals surface area contributed by atoms with E-state index in [2.05, 4.69) is 19.9 Å². The minimum atomic E-state index is 0. The number of thiazole rings is 4. The molecule has 0 saturated carbocycles. The first-order chi connectivity index (χ1) is 19.4. The fraction of sp³-hybridized carbons (Fsp3) is 0. The van der Waals surface area contributed by atoms with Crippen LogP contribution < -0.4 is 0 Å². The standard InChI is InChI=1S/4C7H5NS2.Hf/c4*9-7-8-5-3-1-2-4-6(5)10-7;/h4*1-4H,(H,8,9);/q;;;;+4/p-4. The van der Waals surface area contributed by atoms with Gasteiger partial charge in [0.1, 0.15) is 0 Å². The number of hydrogen-bond donors (Lipinski definition) is 0. The minimum absolute atomic E-state index is 0. The molecule has 0 bridgehead atoms. The smallest absolute Gasteiger partial charge is 0.408 e. The molecule has 0 aliphatic rings. The maximum atomic E-state index is 4.92. The van der Waals surface area contributed by atoms with Crippen molar-refractivity contribution in [2.75, 3.05) is 0 Å². The van der Waals surface area contributed by atoms with Gasteiger partial charge in [0.2, 0.25) is 0 Å². The van der Waals surface area contributed by atoms with Gasteiger partial charge in [0, 0.05) is 0 Å². The quantitative estimate of drug-likeness (QED) is 0.111. The summed E-state index contributed by atoms with van der Waals surface area (Å²) in [5, 5.41) is 0. The van der Waals surface area contributed by atoms with E-state index in [9.17, 15) is 0 Å². The van der Waals surface area contributed by atoms with Crippen molar-refractivity contribution in [1.29, 1.82) is 0 Å². The van der Waals surface area contributed by atoms with Gasteiger partial charge in [-0.15, -0.1) is 0 Å². The van der Waals surface area contributed by atoms with E-state index in [1.807, 2.05) is 97.1 Å². The number of benzene rings is 4. The average molecular weight is 843 g/mol. The van der Waals surface area contributed by atoms with Crippen LogP contribution in [-0.4, -0.2) is 19.9 Å². The minimum Gasteiger partial charge on any atom is -0.408 e. The molecule has 4 nitrogen and oxygen atoms in total. The van der Waals surface area contributed by atoms with Crippen LogP contribution in [0.4, 0.5) is 0 Å². The van der Waals surface area contributed by atoms with Gasteiger partial charge in [0.15, 0.2) is 0 Å². The monoisotopic (exact) mass is 844 g/mol. The second-order valence-electron chi connectivity index (χ2n) is 7.79. The molecule has 0 atom stereocenters. The molecule has 0 aliphatic heterocycles. The Hall–Kier alpha value is -1.81. The van der Waals surface area contributed by atoms with E-state index in [-0.39, 0.29) is 25.8 Å². The predicted molar refractivity (Wildman–Crippen MR) is 181 cm³/mol. The van der Waals surface area contributed by atoms with Crippen molar-refractivity contribution in [2.24, 2.45) is 0 Å². The van der Waals surface area contributed by atoms with Crippen LogP contribution in [0.2, 0.25) is 0 Å². The van der Waals surface area contributed by atoms with Crippen molar-refractivity contribution in [3.8, 4) is 0 Å². The maximum Gasteiger partial charge on any atom is 4.00 e. The summed E-state index contributed by atoms with van der Waals surface area (Å²) >= 11 is 25.9. The van der Waals surface area contributed by atoms with Crippen LogP contribution >= 0.6 is 45.3 Å². The number of aromatic nitrogens is 4. The molecule has 0 N–H and O–H groups in total. The third-order valence-corrected chi connectivity index (χ3v) is 9.79. The van der Waals surface area contributed by atoms with E-state index in [4.69, 9.17) is 50.5 Å². The van der Waals surface area contributed by atoms with Gasteiger partial charge in [0.25, 0.3) is 0 Å². The zero-order valence-electron chi connectivity index (χ0n) is 20.8. The van der Waals surface area contributed by atoms with Gasteiger partial charge in [0.05, 0.1) is 22.1 Å².